The van der Waals surface area contributed by atoms with Gasteiger partial charge in [0.1, 0.15) is 0 Å². The van der Waals surface area contributed by atoms with Gasteiger partial charge < -0.3 is 5.73 Å². The summed E-state index contributed by atoms with van der Waals surface area (Å²) in [6.45, 7) is 0. The smallest absolute Gasteiger partial charge is 0.240 e. The first-order valence-electron chi connectivity index (χ1n) is 6.29. The summed E-state index contributed by atoms with van der Waals surface area (Å²) in [7, 11) is 0. The molecule has 4 aliphatic carbocycles. The number of tetrazole rings is 1. The molecule has 4 fully saturated rings. The van der Waals surface area contributed by atoms with Crippen LogP contribution in [0.5, 0.6) is 0 Å². The molecule has 4 saturated carbocycles. The van der Waals surface area contributed by atoms with E-state index in [0.29, 0.717) is 5.95 Å². The van der Waals surface area contributed by atoms with Crippen LogP contribution in [0.25, 0.3) is 0 Å². The monoisotopic (exact) mass is 219 g/mol. The number of rotatable bonds is 1. The molecule has 0 aliphatic heterocycles. The van der Waals surface area contributed by atoms with E-state index >= 15 is 0 Å². The summed E-state index contributed by atoms with van der Waals surface area (Å²) in [5, 5.41) is 11.7. The van der Waals surface area contributed by atoms with Gasteiger partial charge in [-0.1, -0.05) is 5.10 Å². The Kier molecular flexibility index (Phi) is 1.54. The summed E-state index contributed by atoms with van der Waals surface area (Å²) in [5.41, 5.74) is 6.06. The van der Waals surface area contributed by atoms with E-state index < -0.39 is 0 Å². The minimum Gasteiger partial charge on any atom is -0.367 e. The standard InChI is InChI=1S/C11H17N5/c12-10-13-14-15-16(10)11-4-7-1-8(5-11)3-9(2-7)6-11/h7-9H,1-6H2,(H2,12,13,15). The highest BCUT2D eigenvalue weighted by molar-refractivity contribution is 5.17. The molecule has 16 heavy (non-hydrogen) atoms. The number of hydrogen-bond acceptors (Lipinski definition) is 4. The molecule has 86 valence electrons. The number of aromatic nitrogens is 4. The van der Waals surface area contributed by atoms with E-state index in [1.165, 1.54) is 38.5 Å². The molecule has 1 aromatic rings. The first-order valence-corrected chi connectivity index (χ1v) is 6.29. The van der Waals surface area contributed by atoms with Crippen molar-refractivity contribution >= 4 is 5.95 Å². The second kappa shape index (κ2) is 2.76. The Morgan fingerprint density at radius 3 is 2.06 bits per heavy atom. The number of anilines is 1. The largest absolute Gasteiger partial charge is 0.367 e. The highest BCUT2D eigenvalue weighted by atomic mass is 15.6. The van der Waals surface area contributed by atoms with Crippen LogP contribution in [0.3, 0.4) is 0 Å². The van der Waals surface area contributed by atoms with E-state index in [9.17, 15) is 0 Å². The fraction of sp³-hybridized carbons (Fsp3) is 0.909. The average Bonchev–Trinajstić information content (AvgIpc) is 2.62. The molecule has 5 nitrogen and oxygen atoms in total. The van der Waals surface area contributed by atoms with Gasteiger partial charge in [0, 0.05) is 0 Å². The minimum absolute atomic E-state index is 0.169. The topological polar surface area (TPSA) is 69.6 Å². The van der Waals surface area contributed by atoms with Crippen LogP contribution in [-0.2, 0) is 5.54 Å². The van der Waals surface area contributed by atoms with E-state index in [2.05, 4.69) is 15.5 Å². The molecule has 0 unspecified atom stereocenters. The Balaban J connectivity index is 1.79. The second-order valence-electron chi connectivity index (χ2n) is 6.09. The van der Waals surface area contributed by atoms with Crippen LogP contribution >= 0.6 is 0 Å². The predicted molar refractivity (Wildman–Crippen MR) is 58.4 cm³/mol. The van der Waals surface area contributed by atoms with Crippen LogP contribution < -0.4 is 5.73 Å². The minimum atomic E-state index is 0.169. The van der Waals surface area contributed by atoms with E-state index in [4.69, 9.17) is 5.73 Å². The molecule has 1 heterocycles. The number of nitrogens with zero attached hydrogens (tertiary/aromatic N) is 4. The van der Waals surface area contributed by atoms with Gasteiger partial charge in [-0.3, -0.25) is 0 Å². The van der Waals surface area contributed by atoms with Crippen LogP contribution in [0.15, 0.2) is 0 Å². The molecule has 4 bridgehead atoms. The molecular weight excluding hydrogens is 202 g/mol. The Hall–Kier alpha value is -1.13. The molecule has 4 aliphatic rings. The van der Waals surface area contributed by atoms with E-state index in [1.54, 1.807) is 0 Å². The Bertz CT molecular complexity index is 388. The lowest BCUT2D eigenvalue weighted by molar-refractivity contribution is -0.0490. The fourth-order valence-electron chi connectivity index (χ4n) is 4.86. The lowest BCUT2D eigenvalue weighted by atomic mass is 9.53. The Morgan fingerprint density at radius 1 is 1.06 bits per heavy atom. The average molecular weight is 219 g/mol. The highest BCUT2D eigenvalue weighted by Gasteiger charge is 2.53. The normalized spacial score (nSPS) is 45.1. The maximum atomic E-state index is 5.89. The summed E-state index contributed by atoms with van der Waals surface area (Å²) in [6.07, 6.45) is 8.03. The number of hydrogen-bond donors (Lipinski definition) is 1. The van der Waals surface area contributed by atoms with Gasteiger partial charge >= 0.3 is 0 Å². The van der Waals surface area contributed by atoms with Gasteiger partial charge in [-0.25, -0.2) is 4.68 Å². The maximum absolute atomic E-state index is 5.89. The summed E-state index contributed by atoms with van der Waals surface area (Å²) in [5.74, 6) is 3.20. The quantitative estimate of drug-likeness (QED) is 0.770. The molecule has 0 aromatic carbocycles. The molecule has 5 rings (SSSR count). The summed E-state index contributed by atoms with van der Waals surface area (Å²) in [6, 6.07) is 0. The molecule has 0 radical (unpaired) electrons. The number of nitrogen functional groups attached to an aromatic ring is 1. The SMILES string of the molecule is Nc1nnnn1C12CC3CC(CC(C3)C1)C2. The lowest BCUT2D eigenvalue weighted by Crippen LogP contribution is -2.52. The van der Waals surface area contributed by atoms with Crippen LogP contribution in [0.1, 0.15) is 38.5 Å². The molecular formula is C11H17N5. The van der Waals surface area contributed by atoms with Crippen molar-refractivity contribution in [3.8, 4) is 0 Å². The highest BCUT2D eigenvalue weighted by Crippen LogP contribution is 2.58. The summed E-state index contributed by atoms with van der Waals surface area (Å²) in [4.78, 5) is 0. The molecule has 1 aromatic heterocycles. The van der Waals surface area contributed by atoms with Crippen molar-refractivity contribution in [2.45, 2.75) is 44.1 Å². The van der Waals surface area contributed by atoms with Crippen molar-refractivity contribution in [3.05, 3.63) is 0 Å². The van der Waals surface area contributed by atoms with Crippen molar-refractivity contribution in [1.29, 1.82) is 0 Å². The van der Waals surface area contributed by atoms with E-state index in [-0.39, 0.29) is 5.54 Å². The van der Waals surface area contributed by atoms with Crippen molar-refractivity contribution in [2.75, 3.05) is 5.73 Å². The molecule has 2 N–H and O–H groups in total. The van der Waals surface area contributed by atoms with Crippen molar-refractivity contribution < 1.29 is 0 Å². The molecule has 0 atom stereocenters. The molecule has 0 spiro atoms. The van der Waals surface area contributed by atoms with E-state index in [1.807, 2.05) is 4.68 Å². The zero-order chi connectivity index (χ0) is 10.8. The Morgan fingerprint density at radius 2 is 1.62 bits per heavy atom. The third-order valence-corrected chi connectivity index (χ3v) is 4.95. The van der Waals surface area contributed by atoms with E-state index in [0.717, 1.165) is 17.8 Å². The van der Waals surface area contributed by atoms with Crippen LogP contribution in [0.4, 0.5) is 5.95 Å². The van der Waals surface area contributed by atoms with Crippen molar-refractivity contribution in [3.63, 3.8) is 0 Å². The van der Waals surface area contributed by atoms with Gasteiger partial charge in [-0.05, 0) is 66.7 Å². The molecule has 0 saturated heterocycles. The van der Waals surface area contributed by atoms with Crippen LogP contribution in [0.2, 0.25) is 0 Å². The molecule has 5 heteroatoms. The third-order valence-electron chi connectivity index (χ3n) is 4.95. The number of nitrogens with two attached hydrogens (primary N) is 1. The van der Waals surface area contributed by atoms with Gasteiger partial charge in [-0.2, -0.15) is 0 Å². The van der Waals surface area contributed by atoms with Crippen LogP contribution in [-0.4, -0.2) is 20.2 Å². The second-order valence-corrected chi connectivity index (χ2v) is 6.09. The van der Waals surface area contributed by atoms with Crippen molar-refractivity contribution in [2.24, 2.45) is 17.8 Å². The third kappa shape index (κ3) is 1.03. The van der Waals surface area contributed by atoms with Gasteiger partial charge in [0.2, 0.25) is 5.95 Å². The first kappa shape index (κ1) is 8.96. The fourth-order valence-corrected chi connectivity index (χ4v) is 4.86. The predicted octanol–water partition coefficient (Wildman–Crippen LogP) is 1.18. The zero-order valence-corrected chi connectivity index (χ0v) is 9.34. The summed E-state index contributed by atoms with van der Waals surface area (Å²) < 4.78 is 1.93. The van der Waals surface area contributed by atoms with Gasteiger partial charge in [0.15, 0.2) is 0 Å². The summed E-state index contributed by atoms with van der Waals surface area (Å²) >= 11 is 0. The zero-order valence-electron chi connectivity index (χ0n) is 9.34. The lowest BCUT2D eigenvalue weighted by Gasteiger charge is -2.56. The van der Waals surface area contributed by atoms with Gasteiger partial charge in [-0.15, -0.1) is 0 Å². The maximum Gasteiger partial charge on any atom is 0.240 e. The van der Waals surface area contributed by atoms with Crippen molar-refractivity contribution in [1.82, 2.24) is 20.2 Å². The van der Waals surface area contributed by atoms with Gasteiger partial charge in [0.25, 0.3) is 0 Å². The van der Waals surface area contributed by atoms with Gasteiger partial charge in [0.05, 0.1) is 5.54 Å². The molecule has 0 amide bonds. The first-order chi connectivity index (χ1) is 7.75. The van der Waals surface area contributed by atoms with Crippen LogP contribution in [0, 0.1) is 17.8 Å². The Labute approximate surface area is 94.4 Å².